The van der Waals surface area contributed by atoms with Crippen LogP contribution in [0.4, 0.5) is 4.39 Å². The maximum Gasteiger partial charge on any atom is 0.124 e. The third-order valence-corrected chi connectivity index (χ3v) is 3.43. The maximum absolute atomic E-state index is 12.9. The Bertz CT molecular complexity index is 333. The van der Waals surface area contributed by atoms with Crippen LogP contribution in [0, 0.1) is 5.82 Å². The minimum absolute atomic E-state index is 0.162. The molecule has 90 valence electrons. The van der Waals surface area contributed by atoms with E-state index in [9.17, 15) is 4.39 Å². The Labute approximate surface area is 106 Å². The zero-order chi connectivity index (χ0) is 12.0. The van der Waals surface area contributed by atoms with E-state index in [0.29, 0.717) is 5.02 Å². The van der Waals surface area contributed by atoms with Crippen molar-refractivity contribution in [3.05, 3.63) is 34.6 Å². The highest BCUT2D eigenvalue weighted by Gasteiger charge is 2.09. The average molecular weight is 262 g/mol. The smallest absolute Gasteiger partial charge is 0.124 e. The lowest BCUT2D eigenvalue weighted by Gasteiger charge is -2.15. The number of benzene rings is 1. The molecule has 0 aliphatic carbocycles. The Morgan fingerprint density at radius 3 is 2.88 bits per heavy atom. The molecule has 1 atom stereocenters. The van der Waals surface area contributed by atoms with Crippen LogP contribution in [0.3, 0.4) is 0 Å². The maximum atomic E-state index is 12.9. The number of halogens is 2. The molecule has 1 aromatic rings. The Morgan fingerprint density at radius 1 is 1.50 bits per heavy atom. The van der Waals surface area contributed by atoms with E-state index in [4.69, 9.17) is 11.6 Å². The molecule has 1 aromatic carbocycles. The van der Waals surface area contributed by atoms with Gasteiger partial charge in [0.1, 0.15) is 5.82 Å². The molecule has 0 radical (unpaired) electrons. The van der Waals surface area contributed by atoms with Crippen molar-refractivity contribution < 1.29 is 4.39 Å². The molecule has 16 heavy (non-hydrogen) atoms. The van der Waals surface area contributed by atoms with Gasteiger partial charge in [-0.1, -0.05) is 17.7 Å². The van der Waals surface area contributed by atoms with Crippen molar-refractivity contribution in [3.63, 3.8) is 0 Å². The van der Waals surface area contributed by atoms with E-state index >= 15 is 0 Å². The van der Waals surface area contributed by atoms with Crippen molar-refractivity contribution in [3.8, 4) is 0 Å². The summed E-state index contributed by atoms with van der Waals surface area (Å²) in [7, 11) is 0. The standard InChI is InChI=1S/C12H17ClFNS/c1-9(15-6-3-7-16-2)11-5-4-10(14)8-12(11)13/h4-5,8-9,15H,3,6-7H2,1-2H3. The number of hydrogen-bond donors (Lipinski definition) is 1. The topological polar surface area (TPSA) is 12.0 Å². The summed E-state index contributed by atoms with van der Waals surface area (Å²) in [6.07, 6.45) is 3.23. The first-order chi connectivity index (χ1) is 7.65. The van der Waals surface area contributed by atoms with Crippen LogP contribution in [0.1, 0.15) is 24.9 Å². The molecule has 0 bridgehead atoms. The lowest BCUT2D eigenvalue weighted by molar-refractivity contribution is 0.569. The second kappa shape index (κ2) is 7.15. The van der Waals surface area contributed by atoms with Crippen LogP contribution in [0.2, 0.25) is 5.02 Å². The average Bonchev–Trinajstić information content (AvgIpc) is 2.24. The Hall–Kier alpha value is -0.250. The Kier molecular flexibility index (Phi) is 6.17. The fourth-order valence-corrected chi connectivity index (χ4v) is 2.26. The SMILES string of the molecule is CSCCCNC(C)c1ccc(F)cc1Cl. The van der Waals surface area contributed by atoms with Crippen LogP contribution < -0.4 is 5.32 Å². The highest BCUT2D eigenvalue weighted by atomic mass is 35.5. The third kappa shape index (κ3) is 4.32. The Morgan fingerprint density at radius 2 is 2.25 bits per heavy atom. The predicted molar refractivity (Wildman–Crippen MR) is 70.8 cm³/mol. The van der Waals surface area contributed by atoms with Gasteiger partial charge < -0.3 is 5.32 Å². The summed E-state index contributed by atoms with van der Waals surface area (Å²) < 4.78 is 12.9. The van der Waals surface area contributed by atoms with Gasteiger partial charge in [0.05, 0.1) is 0 Å². The molecule has 0 aromatic heterocycles. The number of rotatable bonds is 6. The van der Waals surface area contributed by atoms with Crippen LogP contribution in [0.5, 0.6) is 0 Å². The summed E-state index contributed by atoms with van der Waals surface area (Å²) in [6, 6.07) is 4.71. The second-order valence-electron chi connectivity index (χ2n) is 3.69. The molecule has 0 fully saturated rings. The van der Waals surface area contributed by atoms with Gasteiger partial charge in [0.25, 0.3) is 0 Å². The fraction of sp³-hybridized carbons (Fsp3) is 0.500. The van der Waals surface area contributed by atoms with Gasteiger partial charge in [0.2, 0.25) is 0 Å². The Balaban J connectivity index is 2.49. The first-order valence-electron chi connectivity index (χ1n) is 5.32. The highest BCUT2D eigenvalue weighted by molar-refractivity contribution is 7.98. The minimum atomic E-state index is -0.289. The molecule has 0 spiro atoms. The van der Waals surface area contributed by atoms with Crippen molar-refractivity contribution in [2.75, 3.05) is 18.6 Å². The molecular formula is C12H17ClFNS. The molecular weight excluding hydrogens is 245 g/mol. The molecule has 4 heteroatoms. The van der Waals surface area contributed by atoms with Crippen molar-refractivity contribution in [1.82, 2.24) is 5.32 Å². The molecule has 0 saturated carbocycles. The molecule has 1 rings (SSSR count). The van der Waals surface area contributed by atoms with Gasteiger partial charge in [-0.2, -0.15) is 11.8 Å². The van der Waals surface area contributed by atoms with Gasteiger partial charge in [-0.3, -0.25) is 0 Å². The molecule has 1 unspecified atom stereocenters. The largest absolute Gasteiger partial charge is 0.310 e. The number of thioether (sulfide) groups is 1. The molecule has 0 heterocycles. The van der Waals surface area contributed by atoms with Crippen LogP contribution in [0.25, 0.3) is 0 Å². The minimum Gasteiger partial charge on any atom is -0.310 e. The monoisotopic (exact) mass is 261 g/mol. The van der Waals surface area contributed by atoms with Crippen molar-refractivity contribution >= 4 is 23.4 Å². The van der Waals surface area contributed by atoms with Gasteiger partial charge >= 0.3 is 0 Å². The summed E-state index contributed by atoms with van der Waals surface area (Å²) in [5.74, 6) is 0.861. The van der Waals surface area contributed by atoms with E-state index in [0.717, 1.165) is 24.3 Å². The molecule has 0 aliphatic rings. The lowest BCUT2D eigenvalue weighted by Crippen LogP contribution is -2.20. The molecule has 0 amide bonds. The van der Waals surface area contributed by atoms with Crippen molar-refractivity contribution in [2.45, 2.75) is 19.4 Å². The van der Waals surface area contributed by atoms with E-state index in [1.54, 1.807) is 6.07 Å². The van der Waals surface area contributed by atoms with E-state index in [2.05, 4.69) is 11.6 Å². The summed E-state index contributed by atoms with van der Waals surface area (Å²) >= 11 is 7.82. The molecule has 0 saturated heterocycles. The van der Waals surface area contributed by atoms with Crippen LogP contribution in [0.15, 0.2) is 18.2 Å². The van der Waals surface area contributed by atoms with E-state index in [1.807, 2.05) is 18.7 Å². The number of hydrogen-bond acceptors (Lipinski definition) is 2. The zero-order valence-electron chi connectivity index (χ0n) is 9.59. The van der Waals surface area contributed by atoms with Crippen molar-refractivity contribution in [1.29, 1.82) is 0 Å². The van der Waals surface area contributed by atoms with E-state index in [1.165, 1.54) is 12.1 Å². The zero-order valence-corrected chi connectivity index (χ0v) is 11.2. The summed E-state index contributed by atoms with van der Waals surface area (Å²) in [4.78, 5) is 0. The van der Waals surface area contributed by atoms with Crippen LogP contribution >= 0.6 is 23.4 Å². The van der Waals surface area contributed by atoms with Gasteiger partial charge in [-0.05, 0) is 49.6 Å². The van der Waals surface area contributed by atoms with E-state index in [-0.39, 0.29) is 11.9 Å². The van der Waals surface area contributed by atoms with Gasteiger partial charge in [0, 0.05) is 11.1 Å². The second-order valence-corrected chi connectivity index (χ2v) is 5.08. The fourth-order valence-electron chi connectivity index (χ4n) is 1.50. The normalized spacial score (nSPS) is 12.8. The summed E-state index contributed by atoms with van der Waals surface area (Å²) in [6.45, 7) is 2.99. The molecule has 0 aliphatic heterocycles. The predicted octanol–water partition coefficient (Wildman–Crippen LogP) is 3.88. The van der Waals surface area contributed by atoms with Gasteiger partial charge in [-0.25, -0.2) is 4.39 Å². The lowest BCUT2D eigenvalue weighted by atomic mass is 10.1. The molecule has 1 nitrogen and oxygen atoms in total. The first-order valence-corrected chi connectivity index (χ1v) is 7.09. The van der Waals surface area contributed by atoms with Crippen LogP contribution in [-0.2, 0) is 0 Å². The van der Waals surface area contributed by atoms with E-state index < -0.39 is 0 Å². The summed E-state index contributed by atoms with van der Waals surface area (Å²) in [5, 5.41) is 3.86. The van der Waals surface area contributed by atoms with Crippen LogP contribution in [-0.4, -0.2) is 18.6 Å². The van der Waals surface area contributed by atoms with Gasteiger partial charge in [-0.15, -0.1) is 0 Å². The quantitative estimate of drug-likeness (QED) is 0.780. The molecule has 1 N–H and O–H groups in total. The number of nitrogens with one attached hydrogen (secondary N) is 1. The summed E-state index contributed by atoms with van der Waals surface area (Å²) in [5.41, 5.74) is 0.951. The first kappa shape index (κ1) is 13.8. The third-order valence-electron chi connectivity index (χ3n) is 2.40. The highest BCUT2D eigenvalue weighted by Crippen LogP contribution is 2.23. The van der Waals surface area contributed by atoms with Crippen molar-refractivity contribution in [2.24, 2.45) is 0 Å². The van der Waals surface area contributed by atoms with Gasteiger partial charge in [0.15, 0.2) is 0 Å².